The van der Waals surface area contributed by atoms with Crippen LogP contribution in [-0.4, -0.2) is 236 Å². The monoisotopic (exact) mass is 1290 g/mol. The average Bonchev–Trinajstić information content (AvgIpc) is 0.799. The number of esters is 3. The van der Waals surface area contributed by atoms with Gasteiger partial charge in [-0.1, -0.05) is 0 Å². The van der Waals surface area contributed by atoms with Crippen molar-refractivity contribution in [3.05, 3.63) is 88.1 Å². The first-order chi connectivity index (χ1) is 43.2. The van der Waals surface area contributed by atoms with Crippen molar-refractivity contribution in [2.75, 3.05) is 48.3 Å². The largest absolute Gasteiger partial charge is 0.504 e. The van der Waals surface area contributed by atoms with E-state index in [4.69, 9.17) is 71.1 Å². The number of methoxy groups -OCH3 is 4. The van der Waals surface area contributed by atoms with E-state index in [0.717, 1.165) is 42.5 Å². The van der Waals surface area contributed by atoms with Gasteiger partial charge < -0.3 is 137 Å². The van der Waals surface area contributed by atoms with E-state index in [1.165, 1.54) is 64.9 Å². The number of phenols is 4. The standard InChI is InChI=1S/C58H62O33/c1-78-30-9-22(10-31(79-2)44(30)67)5-7-40(63)82-19-36-46(69)49(72)52(75)56(89-36)85-25-15-27(59)26-17-35(88-58-54(77)51(74)48(71)38(91-58)21-84-42(65)18-39(61)62)55(86-29(26)16-25)24-13-28(60)43(66)34(14-24)87-57-53(76)50(73)47(70)37(90-57)20-83-41(64)8-6-23-11-32(80-3)45(68)33(12-23)81-4/h5-17,36-38,46-54,56-58,60,66-77H,18-21H2,1-4H3,(H,61,62)/t36-,37-,38-,46+,47+,48+,49+,50+,51+,52+,53-,54+,56-,57-,58-/m1/s1. The molecule has 33 nitrogen and oxygen atoms in total. The summed E-state index contributed by atoms with van der Waals surface area (Å²) in [6, 6.07) is 10.0. The Morgan fingerprint density at radius 1 is 0.473 bits per heavy atom. The van der Waals surface area contributed by atoms with Crippen LogP contribution in [0.5, 0.6) is 63.2 Å². The number of carboxylic acids is 1. The lowest BCUT2D eigenvalue weighted by Crippen LogP contribution is -2.60. The first-order valence-electron chi connectivity index (χ1n) is 27.0. The summed E-state index contributed by atoms with van der Waals surface area (Å²) < 4.78 is 76.6. The molecular weight excluding hydrogens is 1220 g/mol. The number of fused-ring (bicyclic) bond motifs is 1. The van der Waals surface area contributed by atoms with Crippen molar-refractivity contribution in [1.29, 1.82) is 0 Å². The molecule has 3 aromatic carbocycles. The first-order valence-corrected chi connectivity index (χ1v) is 27.0. The Morgan fingerprint density at radius 3 is 1.32 bits per heavy atom. The number of phenolic OH excluding ortho intramolecular Hbond substituents is 4. The Labute approximate surface area is 512 Å². The number of aliphatic hydroxyl groups is 9. The lowest BCUT2D eigenvalue weighted by atomic mass is 9.99. The minimum atomic E-state index is -2.18. The van der Waals surface area contributed by atoms with Gasteiger partial charge in [-0.05, 0) is 65.7 Å². The second kappa shape index (κ2) is 29.2. The fourth-order valence-corrected chi connectivity index (χ4v) is 9.29. The second-order valence-electron chi connectivity index (χ2n) is 20.2. The highest BCUT2D eigenvalue weighted by molar-refractivity contribution is 5.90. The number of hydrogen-bond acceptors (Lipinski definition) is 32. The van der Waals surface area contributed by atoms with Crippen LogP contribution in [0.2, 0.25) is 0 Å². The summed E-state index contributed by atoms with van der Waals surface area (Å²) >= 11 is 0. The van der Waals surface area contributed by atoms with Gasteiger partial charge in [0.25, 0.3) is 0 Å². The van der Waals surface area contributed by atoms with Crippen molar-refractivity contribution >= 4 is 36.0 Å². The van der Waals surface area contributed by atoms with Gasteiger partial charge in [0.1, 0.15) is 111 Å². The Kier molecular flexibility index (Phi) is 21.7. The topological polar surface area (TPSA) is 502 Å². The third kappa shape index (κ3) is 15.5. The molecule has 0 spiro atoms. The van der Waals surface area contributed by atoms with E-state index < -0.39 is 199 Å². The number of carboxylic acid groups (broad SMARTS) is 1. The van der Waals surface area contributed by atoms with Gasteiger partial charge in [0.15, 0.2) is 51.4 Å². The molecule has 0 radical (unpaired) electrons. The molecule has 4 heterocycles. The van der Waals surface area contributed by atoms with Crippen LogP contribution in [0.25, 0.3) is 34.8 Å². The number of carbonyl (C=O) groups excluding carboxylic acids is 3. The van der Waals surface area contributed by atoms with E-state index in [-0.39, 0.29) is 34.5 Å². The molecule has 33 heteroatoms. The van der Waals surface area contributed by atoms with Crippen molar-refractivity contribution in [3.8, 4) is 85.9 Å². The highest BCUT2D eigenvalue weighted by Crippen LogP contribution is 2.46. The molecule has 5 aliphatic rings. The zero-order valence-electron chi connectivity index (χ0n) is 48.0. The molecule has 0 saturated carbocycles. The van der Waals surface area contributed by atoms with Crippen LogP contribution in [0.1, 0.15) is 17.5 Å². The van der Waals surface area contributed by atoms with Crippen LogP contribution < -0.4 is 38.6 Å². The summed E-state index contributed by atoms with van der Waals surface area (Å²) in [7, 11) is 5.15. The Balaban J connectivity index is 1.08. The SMILES string of the molecule is COc1cc(C=CC(=O)OC[C@H]2O[C@@H](Oc3cc4oc(-c5cc(O)c(O)c(O[C@@H]6O[C@H](COC(=O)C=Cc7cc(OC)c(O)c(OC)c7)[C@H](O)[C@H](O)[C@H]6O)c5)c(O[C@@H]5O[C@H](COC(=O)CC(=O)O)[C@H](O)[C@H](O)[C@@H]5O)cc-4c(=O)c3)[C@@H](O)[C@@H](O)[C@H]2O)cc(OC)c1O. The Morgan fingerprint density at radius 2 is 0.890 bits per heavy atom. The maximum atomic E-state index is 14.0. The maximum absolute atomic E-state index is 14.0. The highest BCUT2D eigenvalue weighted by atomic mass is 16.7. The van der Waals surface area contributed by atoms with E-state index in [0.29, 0.717) is 11.1 Å². The van der Waals surface area contributed by atoms with Crippen molar-refractivity contribution in [3.63, 3.8) is 0 Å². The number of aliphatic hydroxyl groups excluding tert-OH is 9. The molecule has 15 atom stereocenters. The summed E-state index contributed by atoms with van der Waals surface area (Å²) in [5.74, 6) is -10.5. The molecule has 0 unspecified atom stereocenters. The molecule has 3 saturated heterocycles. The van der Waals surface area contributed by atoms with E-state index in [9.17, 15) is 90.4 Å². The zero-order chi connectivity index (χ0) is 66.3. The van der Waals surface area contributed by atoms with Crippen molar-refractivity contribution < 1.29 is 157 Å². The van der Waals surface area contributed by atoms with Crippen LogP contribution >= 0.6 is 0 Å². The highest BCUT2D eigenvalue weighted by Gasteiger charge is 2.49. The van der Waals surface area contributed by atoms with Crippen molar-refractivity contribution in [2.24, 2.45) is 0 Å². The first kappa shape index (κ1) is 67.7. The summed E-state index contributed by atoms with van der Waals surface area (Å²) in [5, 5.41) is 150. The van der Waals surface area contributed by atoms with Crippen LogP contribution in [0.3, 0.4) is 0 Å². The molecule has 4 aliphatic heterocycles. The number of rotatable bonds is 23. The summed E-state index contributed by atoms with van der Waals surface area (Å²) in [6.45, 7) is -2.46. The minimum Gasteiger partial charge on any atom is -0.504 e. The minimum absolute atomic E-state index is 0.0104. The molecule has 0 amide bonds. The van der Waals surface area contributed by atoms with Gasteiger partial charge >= 0.3 is 23.9 Å². The van der Waals surface area contributed by atoms with Gasteiger partial charge in [-0.3, -0.25) is 14.4 Å². The van der Waals surface area contributed by atoms with Gasteiger partial charge in [-0.2, -0.15) is 0 Å². The van der Waals surface area contributed by atoms with Crippen molar-refractivity contribution in [2.45, 2.75) is 98.5 Å². The third-order valence-corrected chi connectivity index (χ3v) is 14.2. The third-order valence-electron chi connectivity index (χ3n) is 14.2. The normalized spacial score (nSPS) is 26.6. The molecule has 8 rings (SSSR count). The van der Waals surface area contributed by atoms with Gasteiger partial charge in [0, 0.05) is 29.8 Å². The Hall–Kier alpha value is -9.23. The van der Waals surface area contributed by atoms with Gasteiger partial charge in [-0.25, -0.2) is 9.59 Å². The van der Waals surface area contributed by atoms with Crippen LogP contribution in [0.4, 0.5) is 0 Å². The molecule has 91 heavy (non-hydrogen) atoms. The smallest absolute Gasteiger partial charge is 0.330 e. The van der Waals surface area contributed by atoms with Gasteiger partial charge in [0.2, 0.25) is 36.1 Å². The zero-order valence-corrected chi connectivity index (χ0v) is 48.0. The fraction of sp³-hybridized carbons (Fsp3) is 0.397. The average molecular weight is 1290 g/mol. The molecule has 1 aliphatic carbocycles. The van der Waals surface area contributed by atoms with Crippen LogP contribution in [0, 0.1) is 0 Å². The molecule has 3 fully saturated rings. The lowest BCUT2D eigenvalue weighted by molar-refractivity contribution is -0.278. The molecular formula is C58H62O33. The number of aliphatic carboxylic acids is 1. The predicted octanol–water partition coefficient (Wildman–Crippen LogP) is -1.64. The predicted molar refractivity (Wildman–Crippen MR) is 298 cm³/mol. The van der Waals surface area contributed by atoms with E-state index in [1.54, 1.807) is 0 Å². The molecule has 3 aromatic rings. The van der Waals surface area contributed by atoms with Gasteiger partial charge in [-0.15, -0.1) is 0 Å². The van der Waals surface area contributed by atoms with Crippen LogP contribution in [-0.2, 0) is 47.6 Å². The summed E-state index contributed by atoms with van der Waals surface area (Å²) in [4.78, 5) is 62.9. The number of aromatic hydroxyl groups is 4. The molecule has 0 bridgehead atoms. The summed E-state index contributed by atoms with van der Waals surface area (Å²) in [6.07, 6.45) is -26.2. The quantitative estimate of drug-likeness (QED) is 0.0115. The number of hydrogen-bond donors (Lipinski definition) is 14. The van der Waals surface area contributed by atoms with Crippen molar-refractivity contribution in [1.82, 2.24) is 0 Å². The number of benzene rings is 4. The maximum Gasteiger partial charge on any atom is 0.330 e. The van der Waals surface area contributed by atoms with Gasteiger partial charge in [0.05, 0.1) is 34.0 Å². The second-order valence-corrected chi connectivity index (χ2v) is 20.2. The number of carbonyl (C=O) groups is 4. The molecule has 492 valence electrons. The molecule has 14 N–H and O–H groups in total. The van der Waals surface area contributed by atoms with E-state index in [2.05, 4.69) is 0 Å². The summed E-state index contributed by atoms with van der Waals surface area (Å²) in [5.41, 5.74) is -1.13. The number of ether oxygens (including phenoxy) is 13. The Bertz CT molecular complexity index is 3480. The van der Waals surface area contributed by atoms with E-state index in [1.807, 2.05) is 0 Å². The molecule has 0 aromatic heterocycles. The lowest BCUT2D eigenvalue weighted by Gasteiger charge is -2.40. The van der Waals surface area contributed by atoms with Crippen LogP contribution in [0.15, 0.2) is 76.0 Å². The fourth-order valence-electron chi connectivity index (χ4n) is 9.29. The van der Waals surface area contributed by atoms with E-state index >= 15 is 0 Å².